The first-order valence-electron chi connectivity index (χ1n) is 5.99. The van der Waals surface area contributed by atoms with Gasteiger partial charge >= 0.3 is 0 Å². The van der Waals surface area contributed by atoms with E-state index < -0.39 is 17.9 Å². The van der Waals surface area contributed by atoms with Crippen molar-refractivity contribution in [2.75, 3.05) is 0 Å². The van der Waals surface area contributed by atoms with Crippen LogP contribution in [0.3, 0.4) is 0 Å². The summed E-state index contributed by atoms with van der Waals surface area (Å²) < 4.78 is 5.31. The van der Waals surface area contributed by atoms with Crippen molar-refractivity contribution < 1.29 is 14.8 Å². The minimum Gasteiger partial charge on any atom is -0.366 e. The molecule has 1 aliphatic heterocycles. The summed E-state index contributed by atoms with van der Waals surface area (Å²) in [6.07, 6.45) is -0.388. The predicted molar refractivity (Wildman–Crippen MR) is 65.8 cm³/mol. The lowest BCUT2D eigenvalue weighted by Gasteiger charge is -2.39. The largest absolute Gasteiger partial charge is 0.366 e. The van der Waals surface area contributed by atoms with E-state index in [1.54, 1.807) is 13.8 Å². The van der Waals surface area contributed by atoms with Crippen LogP contribution in [-0.4, -0.2) is 28.0 Å². The van der Waals surface area contributed by atoms with E-state index in [-0.39, 0.29) is 17.3 Å². The average molecular weight is 251 g/mol. The zero-order chi connectivity index (χ0) is 13.3. The zero-order valence-corrected chi connectivity index (χ0v) is 10.4. The van der Waals surface area contributed by atoms with Gasteiger partial charge in [-0.25, -0.2) is 0 Å². The summed E-state index contributed by atoms with van der Waals surface area (Å²) in [5.41, 5.74) is 0.870. The van der Waals surface area contributed by atoms with Gasteiger partial charge in [0.1, 0.15) is 6.10 Å². The highest BCUT2D eigenvalue weighted by Gasteiger charge is 2.48. The Morgan fingerprint density at radius 3 is 2.61 bits per heavy atom. The fraction of sp³-hybridized carbons (Fsp3) is 0.538. The molecule has 2 rings (SSSR count). The molecule has 0 saturated carbocycles. The van der Waals surface area contributed by atoms with Gasteiger partial charge in [-0.2, -0.15) is 0 Å². The molecular weight excluding hydrogens is 234 g/mol. The SMILES string of the molecule is C[C@H]1O[C@](C)(O)C[C@@H](c2ccccc2)[C@@H]1[N+](=O)[O-]. The highest BCUT2D eigenvalue weighted by Crippen LogP contribution is 2.38. The maximum Gasteiger partial charge on any atom is 0.245 e. The molecule has 0 bridgehead atoms. The Kier molecular flexibility index (Phi) is 3.36. The third kappa shape index (κ3) is 2.52. The maximum atomic E-state index is 11.2. The molecule has 0 aliphatic carbocycles. The molecule has 18 heavy (non-hydrogen) atoms. The summed E-state index contributed by atoms with van der Waals surface area (Å²) in [6, 6.07) is 8.45. The second kappa shape index (κ2) is 4.66. The van der Waals surface area contributed by atoms with E-state index in [2.05, 4.69) is 0 Å². The Balaban J connectivity index is 2.36. The van der Waals surface area contributed by atoms with Gasteiger partial charge in [-0.15, -0.1) is 0 Å². The molecule has 0 radical (unpaired) electrons. The summed E-state index contributed by atoms with van der Waals surface area (Å²) in [4.78, 5) is 10.9. The van der Waals surface area contributed by atoms with Gasteiger partial charge in [0.2, 0.25) is 6.04 Å². The molecule has 1 N–H and O–H groups in total. The van der Waals surface area contributed by atoms with Crippen LogP contribution in [0.1, 0.15) is 31.7 Å². The van der Waals surface area contributed by atoms with Gasteiger partial charge in [0.05, 0.1) is 5.92 Å². The lowest BCUT2D eigenvalue weighted by molar-refractivity contribution is -0.552. The molecule has 1 aromatic carbocycles. The summed E-state index contributed by atoms with van der Waals surface area (Å²) in [6.45, 7) is 3.19. The van der Waals surface area contributed by atoms with E-state index in [0.717, 1.165) is 5.56 Å². The van der Waals surface area contributed by atoms with Crippen LogP contribution in [0.15, 0.2) is 30.3 Å². The topological polar surface area (TPSA) is 72.6 Å². The Hall–Kier alpha value is -1.46. The molecule has 5 nitrogen and oxygen atoms in total. The third-order valence-electron chi connectivity index (χ3n) is 3.40. The van der Waals surface area contributed by atoms with Crippen molar-refractivity contribution in [1.29, 1.82) is 0 Å². The van der Waals surface area contributed by atoms with Crippen LogP contribution in [0.5, 0.6) is 0 Å². The molecule has 1 saturated heterocycles. The third-order valence-corrected chi connectivity index (χ3v) is 3.40. The Labute approximate surface area is 106 Å². The molecule has 0 amide bonds. The summed E-state index contributed by atoms with van der Waals surface area (Å²) in [5, 5.41) is 21.2. The van der Waals surface area contributed by atoms with Crippen LogP contribution < -0.4 is 0 Å². The monoisotopic (exact) mass is 251 g/mol. The van der Waals surface area contributed by atoms with Crippen LogP contribution in [-0.2, 0) is 4.74 Å². The maximum absolute atomic E-state index is 11.2. The molecule has 1 aliphatic rings. The first-order valence-corrected chi connectivity index (χ1v) is 5.99. The van der Waals surface area contributed by atoms with Crippen molar-refractivity contribution in [1.82, 2.24) is 0 Å². The number of aliphatic hydroxyl groups is 1. The first-order chi connectivity index (χ1) is 8.41. The number of rotatable bonds is 2. The summed E-state index contributed by atoms with van der Waals surface area (Å²) >= 11 is 0. The standard InChI is InChI=1S/C13H17NO4/c1-9-12(14(16)17)11(8-13(2,15)18-9)10-6-4-3-5-7-10/h3-7,9,11-12,15H,8H2,1-2H3/t9-,11+,12-,13+/m1/s1. The van der Waals surface area contributed by atoms with Gasteiger partial charge in [-0.3, -0.25) is 10.1 Å². The highest BCUT2D eigenvalue weighted by atomic mass is 16.7. The number of nitrogens with zero attached hydrogens (tertiary/aromatic N) is 1. The van der Waals surface area contributed by atoms with E-state index in [1.807, 2.05) is 30.3 Å². The molecule has 1 fully saturated rings. The molecule has 1 heterocycles. The van der Waals surface area contributed by atoms with Crippen LogP contribution in [0.2, 0.25) is 0 Å². The molecule has 0 spiro atoms. The normalized spacial score (nSPS) is 36.3. The molecule has 0 unspecified atom stereocenters. The molecule has 5 heteroatoms. The second-order valence-electron chi connectivity index (χ2n) is 5.00. The zero-order valence-electron chi connectivity index (χ0n) is 10.4. The van der Waals surface area contributed by atoms with Gasteiger partial charge in [-0.1, -0.05) is 30.3 Å². The number of ether oxygens (including phenoxy) is 1. The minimum absolute atomic E-state index is 0.229. The van der Waals surface area contributed by atoms with Gasteiger partial charge in [-0.05, 0) is 19.4 Å². The van der Waals surface area contributed by atoms with Gasteiger partial charge in [0.25, 0.3) is 0 Å². The van der Waals surface area contributed by atoms with Crippen molar-refractivity contribution in [3.05, 3.63) is 46.0 Å². The van der Waals surface area contributed by atoms with Crippen molar-refractivity contribution in [3.63, 3.8) is 0 Å². The first kappa shape index (κ1) is 13.0. The quantitative estimate of drug-likeness (QED) is 0.644. The van der Waals surface area contributed by atoms with Crippen molar-refractivity contribution in [2.24, 2.45) is 0 Å². The Morgan fingerprint density at radius 1 is 1.44 bits per heavy atom. The predicted octanol–water partition coefficient (Wildman–Crippen LogP) is 1.93. The summed E-state index contributed by atoms with van der Waals surface area (Å²) in [7, 11) is 0. The summed E-state index contributed by atoms with van der Waals surface area (Å²) in [5.74, 6) is -1.65. The molecule has 1 aromatic rings. The number of benzene rings is 1. The van der Waals surface area contributed by atoms with Crippen molar-refractivity contribution >= 4 is 0 Å². The van der Waals surface area contributed by atoms with E-state index in [4.69, 9.17) is 4.74 Å². The fourth-order valence-corrected chi connectivity index (χ4v) is 2.71. The van der Waals surface area contributed by atoms with Crippen LogP contribution >= 0.6 is 0 Å². The average Bonchev–Trinajstić information content (AvgIpc) is 2.27. The molecular formula is C13H17NO4. The van der Waals surface area contributed by atoms with Crippen LogP contribution in [0.4, 0.5) is 0 Å². The van der Waals surface area contributed by atoms with Crippen LogP contribution in [0, 0.1) is 10.1 Å². The lowest BCUT2D eigenvalue weighted by atomic mass is 9.81. The van der Waals surface area contributed by atoms with E-state index in [0.29, 0.717) is 0 Å². The highest BCUT2D eigenvalue weighted by molar-refractivity contribution is 5.22. The molecule has 0 aromatic heterocycles. The Bertz CT molecular complexity index is 432. The smallest absolute Gasteiger partial charge is 0.245 e. The van der Waals surface area contributed by atoms with Crippen LogP contribution in [0.25, 0.3) is 0 Å². The van der Waals surface area contributed by atoms with Gasteiger partial charge in [0.15, 0.2) is 5.79 Å². The van der Waals surface area contributed by atoms with Gasteiger partial charge < -0.3 is 9.84 Å². The fourth-order valence-electron chi connectivity index (χ4n) is 2.71. The number of nitro groups is 1. The van der Waals surface area contributed by atoms with E-state index in [9.17, 15) is 15.2 Å². The van der Waals surface area contributed by atoms with Gasteiger partial charge in [0, 0.05) is 11.3 Å². The lowest BCUT2D eigenvalue weighted by Crippen LogP contribution is -2.51. The molecule has 4 atom stereocenters. The van der Waals surface area contributed by atoms with E-state index in [1.165, 1.54) is 0 Å². The number of hydrogen-bond acceptors (Lipinski definition) is 4. The minimum atomic E-state index is -1.31. The Morgan fingerprint density at radius 2 is 2.06 bits per heavy atom. The van der Waals surface area contributed by atoms with Crippen molar-refractivity contribution in [3.8, 4) is 0 Å². The molecule has 98 valence electrons. The van der Waals surface area contributed by atoms with Crippen molar-refractivity contribution in [2.45, 2.75) is 44.1 Å². The van der Waals surface area contributed by atoms with E-state index >= 15 is 0 Å². The second-order valence-corrected chi connectivity index (χ2v) is 5.00. The number of hydrogen-bond donors (Lipinski definition) is 1.